The van der Waals surface area contributed by atoms with Gasteiger partial charge in [0, 0.05) is 0 Å². The van der Waals surface area contributed by atoms with Gasteiger partial charge >= 0.3 is 0 Å². The van der Waals surface area contributed by atoms with Crippen LogP contribution in [0.1, 0.15) is 40.5 Å². The summed E-state index contributed by atoms with van der Waals surface area (Å²) in [7, 11) is 0. The highest BCUT2D eigenvalue weighted by Gasteiger charge is 2.54. The number of fused-ring (bicyclic) bond motifs is 2. The Morgan fingerprint density at radius 2 is 1.53 bits per heavy atom. The van der Waals surface area contributed by atoms with Crippen molar-refractivity contribution in [3.05, 3.63) is 13.2 Å². The predicted molar refractivity (Wildman–Crippen MR) is 74.3 cm³/mol. The molecule has 0 aliphatic heterocycles. The van der Waals surface area contributed by atoms with Gasteiger partial charge in [-0.25, -0.2) is 0 Å². The molecule has 0 amide bonds. The molecule has 15 heavy (non-hydrogen) atoms. The second-order valence-corrected chi connectivity index (χ2v) is 5.43. The van der Waals surface area contributed by atoms with E-state index in [2.05, 4.69) is 58.9 Å². The van der Waals surface area contributed by atoms with Crippen molar-refractivity contribution < 1.29 is 0 Å². The Hall–Kier alpha value is -0.170. The van der Waals surface area contributed by atoms with Gasteiger partial charge in [-0.2, -0.15) is 0 Å². The van der Waals surface area contributed by atoms with E-state index in [-0.39, 0.29) is 0 Å². The normalized spacial score (nSPS) is 39.7. The van der Waals surface area contributed by atoms with Crippen LogP contribution in [0, 0.1) is 29.1 Å². The van der Waals surface area contributed by atoms with Crippen molar-refractivity contribution in [2.45, 2.75) is 40.5 Å². The maximum Gasteiger partial charge on any atom is -0.0295 e. The molecule has 3 aliphatic carbocycles. The van der Waals surface area contributed by atoms with Crippen LogP contribution < -0.4 is 0 Å². The van der Waals surface area contributed by atoms with E-state index in [1.807, 2.05) is 0 Å². The van der Waals surface area contributed by atoms with Crippen LogP contribution in [0.25, 0.3) is 0 Å². The average molecular weight is 226 g/mol. The lowest BCUT2D eigenvalue weighted by atomic mass is 9.44. The van der Waals surface area contributed by atoms with E-state index in [0.717, 1.165) is 23.7 Å². The Morgan fingerprint density at radius 3 is 1.80 bits per heavy atom. The molecule has 0 spiro atoms. The molecule has 4 unspecified atom stereocenters. The molecule has 0 aromatic rings. The molecule has 0 nitrogen and oxygen atoms in total. The lowest BCUT2D eigenvalue weighted by Crippen LogP contribution is -2.54. The average Bonchev–Trinajstić information content (AvgIpc) is 2.27. The first-order chi connectivity index (χ1) is 7.03. The third-order valence-corrected chi connectivity index (χ3v) is 4.73. The van der Waals surface area contributed by atoms with Gasteiger partial charge in [0.25, 0.3) is 0 Å². The molecular weight excluding hydrogens is 200 g/mol. The summed E-state index contributed by atoms with van der Waals surface area (Å²) in [6.45, 7) is 15.8. The van der Waals surface area contributed by atoms with Gasteiger partial charge in [-0.3, -0.25) is 0 Å². The Kier molecular flexibility index (Phi) is 5.72. The van der Waals surface area contributed by atoms with E-state index in [9.17, 15) is 0 Å². The minimum Gasteiger partial charge on any atom is -0.106 e. The van der Waals surface area contributed by atoms with Crippen LogP contribution in [0.3, 0.4) is 0 Å². The molecule has 0 aromatic carbocycles. The summed E-state index contributed by atoms with van der Waals surface area (Å²) in [5.74, 6) is 6.90. The van der Waals surface area contributed by atoms with Gasteiger partial charge < -0.3 is 0 Å². The second kappa shape index (κ2) is 5.79. The monoisotopic (exact) mass is 226 g/mol. The summed E-state index contributed by atoms with van der Waals surface area (Å²) in [5.41, 5.74) is 0.686. The molecule has 3 saturated carbocycles. The first-order valence-electron chi connectivity index (χ1n) is 5.82. The highest BCUT2D eigenvalue weighted by Crippen LogP contribution is 2.62. The largest absolute Gasteiger partial charge is 0.106 e. The van der Waals surface area contributed by atoms with Gasteiger partial charge in [0.2, 0.25) is 0 Å². The molecule has 3 rings (SSSR count). The van der Waals surface area contributed by atoms with Crippen LogP contribution in [0.15, 0.2) is 13.2 Å². The molecule has 3 aliphatic rings. The van der Waals surface area contributed by atoms with Crippen molar-refractivity contribution in [3.8, 4) is 0 Å². The van der Waals surface area contributed by atoms with E-state index in [1.165, 1.54) is 12.8 Å². The fourth-order valence-corrected chi connectivity index (χ4v) is 3.41. The molecule has 3 fully saturated rings. The first-order valence-corrected chi connectivity index (χ1v) is 6.40. The molecule has 4 atom stereocenters. The maximum atomic E-state index is 3.83. The maximum absolute atomic E-state index is 3.83. The molecule has 88 valence electrons. The van der Waals surface area contributed by atoms with Gasteiger partial charge in [-0.1, -0.05) is 39.9 Å². The number of thiocarbonyl (C=S) groups is 1. The van der Waals surface area contributed by atoms with Crippen molar-refractivity contribution in [2.75, 3.05) is 0 Å². The zero-order valence-electron chi connectivity index (χ0n) is 10.8. The van der Waals surface area contributed by atoms with Crippen molar-refractivity contribution >= 4 is 18.1 Å². The number of hydrogen-bond donors (Lipinski definition) is 0. The van der Waals surface area contributed by atoms with Crippen molar-refractivity contribution in [2.24, 2.45) is 29.1 Å². The summed E-state index contributed by atoms with van der Waals surface area (Å²) < 4.78 is 0. The third-order valence-electron chi connectivity index (χ3n) is 4.73. The molecule has 0 saturated heterocycles. The van der Waals surface area contributed by atoms with Gasteiger partial charge in [-0.15, -0.1) is 13.2 Å². The Morgan fingerprint density at radius 1 is 1.07 bits per heavy atom. The topological polar surface area (TPSA) is 0 Å². The van der Waals surface area contributed by atoms with Crippen LogP contribution in [-0.2, 0) is 0 Å². The minimum atomic E-state index is 0.686. The predicted octanol–water partition coefficient (Wildman–Crippen LogP) is 4.74. The molecule has 0 heterocycles. The molecule has 0 N–H and O–H groups in total. The zero-order valence-corrected chi connectivity index (χ0v) is 11.6. The van der Waals surface area contributed by atoms with Gasteiger partial charge in [0.05, 0.1) is 0 Å². The van der Waals surface area contributed by atoms with Crippen LogP contribution >= 0.6 is 12.2 Å². The van der Waals surface area contributed by atoms with E-state index in [4.69, 9.17) is 0 Å². The van der Waals surface area contributed by atoms with Crippen molar-refractivity contribution in [3.63, 3.8) is 0 Å². The van der Waals surface area contributed by atoms with Crippen LogP contribution in [0.2, 0.25) is 0 Å². The summed E-state index contributed by atoms with van der Waals surface area (Å²) in [6, 6.07) is 0. The lowest BCUT2D eigenvalue weighted by Gasteiger charge is -2.61. The second-order valence-electron chi connectivity index (χ2n) is 5.43. The molecule has 2 bridgehead atoms. The SMILES string of the molecule is C=C.C=S.CC1CC2CC(C1C)C2(C)C. The van der Waals surface area contributed by atoms with E-state index in [1.54, 1.807) is 0 Å². The quantitative estimate of drug-likeness (QED) is 0.424. The summed E-state index contributed by atoms with van der Waals surface area (Å²) in [4.78, 5) is 0. The Balaban J connectivity index is 0.000000442. The number of hydrogen-bond acceptors (Lipinski definition) is 1. The highest BCUT2D eigenvalue weighted by molar-refractivity contribution is 7.77. The summed E-state index contributed by atoms with van der Waals surface area (Å²) in [5, 5.41) is 0. The smallest absolute Gasteiger partial charge is 0.0295 e. The van der Waals surface area contributed by atoms with Crippen molar-refractivity contribution in [1.29, 1.82) is 0 Å². The fourth-order valence-electron chi connectivity index (χ4n) is 3.41. The number of rotatable bonds is 0. The van der Waals surface area contributed by atoms with Crippen LogP contribution in [0.4, 0.5) is 0 Å². The fraction of sp³-hybridized carbons (Fsp3) is 0.786. The third kappa shape index (κ3) is 2.50. The molecule has 0 radical (unpaired) electrons. The first kappa shape index (κ1) is 14.8. The standard InChI is InChI=1S/C11H20.C2H4.CH2S/c1-7-5-9-6-10(8(7)2)11(9,3)4;2*1-2/h7-10H,5-6H2,1-4H3;1-2H2;1H2. The summed E-state index contributed by atoms with van der Waals surface area (Å²) in [6.07, 6.45) is 3.02. The Bertz CT molecular complexity index is 196. The molecule has 1 heteroatoms. The van der Waals surface area contributed by atoms with Gasteiger partial charge in [0.15, 0.2) is 0 Å². The van der Waals surface area contributed by atoms with Crippen LogP contribution in [-0.4, -0.2) is 5.87 Å². The molecular formula is C14H26S. The lowest BCUT2D eigenvalue weighted by molar-refractivity contribution is -0.124. The zero-order chi connectivity index (χ0) is 12.2. The van der Waals surface area contributed by atoms with Gasteiger partial charge in [0.1, 0.15) is 0 Å². The molecule has 0 aromatic heterocycles. The summed E-state index contributed by atoms with van der Waals surface area (Å²) >= 11 is 3.83. The van der Waals surface area contributed by atoms with E-state index < -0.39 is 0 Å². The highest BCUT2D eigenvalue weighted by atomic mass is 32.1. The Labute approximate surface area is 101 Å². The van der Waals surface area contributed by atoms with Gasteiger partial charge in [-0.05, 0) is 47.8 Å². The van der Waals surface area contributed by atoms with E-state index >= 15 is 0 Å². The van der Waals surface area contributed by atoms with E-state index in [0.29, 0.717) is 5.41 Å². The minimum absolute atomic E-state index is 0.686. The van der Waals surface area contributed by atoms with Crippen LogP contribution in [0.5, 0.6) is 0 Å². The van der Waals surface area contributed by atoms with Crippen molar-refractivity contribution in [1.82, 2.24) is 0 Å².